The van der Waals surface area contributed by atoms with Crippen molar-refractivity contribution in [3.8, 4) is 22.6 Å². The molecule has 2 N–H and O–H groups in total. The summed E-state index contributed by atoms with van der Waals surface area (Å²) in [6.45, 7) is 4.39. The van der Waals surface area contributed by atoms with Crippen LogP contribution in [0.25, 0.3) is 11.1 Å². The van der Waals surface area contributed by atoms with Crippen LogP contribution in [0.1, 0.15) is 58.2 Å². The first-order valence-corrected chi connectivity index (χ1v) is 13.5. The standard InChI is InChI=1S/C33H33FN2O5/c1-18-11-20(28(36)14-23(16-35)38-3)12-19(2)32(18)25-7-9-27(34)33-26(25)8-10-29(33)41-22-5-6-24-21(13-31(37)39-4)17-40-30(24)15-22/h5-7,9,11-12,14-16,21,29,35-36H,8,10,13,17H2,1-4H3/b23-14+,35-16?,36-28?/t21-,29-/m1/s1. The Morgan fingerprint density at radius 2 is 1.85 bits per heavy atom. The summed E-state index contributed by atoms with van der Waals surface area (Å²) < 4.78 is 37.4. The second-order valence-electron chi connectivity index (χ2n) is 10.4. The minimum Gasteiger partial charge on any atom is -0.495 e. The fourth-order valence-electron chi connectivity index (χ4n) is 5.90. The number of hydrogen-bond acceptors (Lipinski definition) is 7. The molecule has 0 spiro atoms. The molecule has 1 aliphatic carbocycles. The lowest BCUT2D eigenvalue weighted by atomic mass is 9.88. The number of benzene rings is 3. The first-order chi connectivity index (χ1) is 19.7. The molecule has 3 aromatic rings. The van der Waals surface area contributed by atoms with Crippen molar-refractivity contribution in [3.05, 3.63) is 93.5 Å². The lowest BCUT2D eigenvalue weighted by Crippen LogP contribution is -2.09. The number of methoxy groups -OCH3 is 2. The minimum atomic E-state index is -0.443. The summed E-state index contributed by atoms with van der Waals surface area (Å²) in [6.07, 6.45) is 3.71. The number of ether oxygens (including phenoxy) is 4. The van der Waals surface area contributed by atoms with Gasteiger partial charge in [-0.15, -0.1) is 0 Å². The van der Waals surface area contributed by atoms with Gasteiger partial charge in [0.05, 0.1) is 39.2 Å². The van der Waals surface area contributed by atoms with Gasteiger partial charge in [-0.25, -0.2) is 4.39 Å². The monoisotopic (exact) mass is 556 g/mol. The van der Waals surface area contributed by atoms with Crippen LogP contribution in [0, 0.1) is 30.5 Å². The van der Waals surface area contributed by atoms with Crippen molar-refractivity contribution in [2.24, 2.45) is 0 Å². The second kappa shape index (κ2) is 11.6. The van der Waals surface area contributed by atoms with Gasteiger partial charge in [0.15, 0.2) is 0 Å². The summed E-state index contributed by atoms with van der Waals surface area (Å²) >= 11 is 0. The molecule has 0 bridgehead atoms. The van der Waals surface area contributed by atoms with Crippen molar-refractivity contribution in [3.63, 3.8) is 0 Å². The molecule has 1 heterocycles. The van der Waals surface area contributed by atoms with Crippen LogP contribution in [-0.2, 0) is 20.7 Å². The average Bonchev–Trinajstić information content (AvgIpc) is 3.56. The smallest absolute Gasteiger partial charge is 0.306 e. The van der Waals surface area contributed by atoms with Gasteiger partial charge in [0.25, 0.3) is 0 Å². The van der Waals surface area contributed by atoms with E-state index in [1.807, 2.05) is 50.2 Å². The van der Waals surface area contributed by atoms with Crippen LogP contribution in [0.15, 0.2) is 54.3 Å². The normalized spacial score (nSPS) is 17.3. The van der Waals surface area contributed by atoms with Crippen LogP contribution >= 0.6 is 0 Å². The van der Waals surface area contributed by atoms with E-state index in [4.69, 9.17) is 29.8 Å². The highest BCUT2D eigenvalue weighted by molar-refractivity contribution is 6.09. The third-order valence-electron chi connectivity index (χ3n) is 7.84. The molecule has 0 saturated heterocycles. The number of hydrogen-bond donors (Lipinski definition) is 2. The van der Waals surface area contributed by atoms with Gasteiger partial charge in [-0.1, -0.05) is 12.1 Å². The van der Waals surface area contributed by atoms with Gasteiger partial charge in [-0.2, -0.15) is 0 Å². The van der Waals surface area contributed by atoms with E-state index in [9.17, 15) is 4.79 Å². The fraction of sp³-hybridized carbons (Fsp3) is 0.303. The lowest BCUT2D eigenvalue weighted by molar-refractivity contribution is -0.141. The number of allylic oxidation sites excluding steroid dienone is 2. The zero-order valence-electron chi connectivity index (χ0n) is 23.6. The van der Waals surface area contributed by atoms with Crippen molar-refractivity contribution < 1.29 is 28.1 Å². The van der Waals surface area contributed by atoms with Gasteiger partial charge in [0.2, 0.25) is 0 Å². The number of esters is 1. The third kappa shape index (κ3) is 5.46. The Kier molecular flexibility index (Phi) is 7.92. The van der Waals surface area contributed by atoms with E-state index in [-0.39, 0.29) is 29.8 Å². The number of rotatable bonds is 9. The van der Waals surface area contributed by atoms with Gasteiger partial charge in [0, 0.05) is 34.8 Å². The molecule has 0 amide bonds. The highest BCUT2D eigenvalue weighted by atomic mass is 19.1. The predicted octanol–water partition coefficient (Wildman–Crippen LogP) is 6.76. The van der Waals surface area contributed by atoms with Gasteiger partial charge in [0.1, 0.15) is 29.2 Å². The molecule has 5 rings (SSSR count). The molecule has 0 aromatic heterocycles. The zero-order valence-corrected chi connectivity index (χ0v) is 23.6. The first kappa shape index (κ1) is 28.1. The van der Waals surface area contributed by atoms with E-state index in [1.54, 1.807) is 0 Å². The summed E-state index contributed by atoms with van der Waals surface area (Å²) in [4.78, 5) is 11.7. The maximum Gasteiger partial charge on any atom is 0.306 e. The summed E-state index contributed by atoms with van der Waals surface area (Å²) in [6, 6.07) is 12.8. The lowest BCUT2D eigenvalue weighted by Gasteiger charge is -2.19. The van der Waals surface area contributed by atoms with Gasteiger partial charge in [-0.3, -0.25) is 4.79 Å². The zero-order chi connectivity index (χ0) is 29.3. The van der Waals surface area contributed by atoms with Crippen LogP contribution in [0.3, 0.4) is 0 Å². The van der Waals surface area contributed by atoms with Crippen LogP contribution in [0.4, 0.5) is 4.39 Å². The second-order valence-corrected chi connectivity index (χ2v) is 10.4. The molecule has 2 atom stereocenters. The average molecular weight is 557 g/mol. The highest BCUT2D eigenvalue weighted by Gasteiger charge is 2.32. The number of halogens is 1. The molecule has 2 aliphatic rings. The van der Waals surface area contributed by atoms with Gasteiger partial charge < -0.3 is 29.8 Å². The van der Waals surface area contributed by atoms with E-state index in [0.29, 0.717) is 47.8 Å². The molecule has 1 aliphatic heterocycles. The number of carbonyl (C=O) groups is 1. The first-order valence-electron chi connectivity index (χ1n) is 13.5. The highest BCUT2D eigenvalue weighted by Crippen LogP contribution is 2.45. The van der Waals surface area contributed by atoms with E-state index < -0.39 is 6.10 Å². The number of fused-ring (bicyclic) bond motifs is 2. The predicted molar refractivity (Wildman–Crippen MR) is 155 cm³/mol. The Morgan fingerprint density at radius 3 is 2.54 bits per heavy atom. The van der Waals surface area contributed by atoms with Crippen LogP contribution in [0.5, 0.6) is 11.5 Å². The van der Waals surface area contributed by atoms with Gasteiger partial charge >= 0.3 is 5.97 Å². The van der Waals surface area contributed by atoms with Crippen molar-refractivity contribution >= 4 is 17.9 Å². The minimum absolute atomic E-state index is 0.0608. The Balaban J connectivity index is 1.42. The Bertz CT molecular complexity index is 1560. The van der Waals surface area contributed by atoms with E-state index in [1.165, 1.54) is 26.4 Å². The maximum atomic E-state index is 15.3. The molecule has 212 valence electrons. The van der Waals surface area contributed by atoms with Crippen molar-refractivity contribution in [1.29, 1.82) is 10.8 Å². The number of nitrogens with one attached hydrogen (secondary N) is 2. The molecule has 8 heteroatoms. The largest absolute Gasteiger partial charge is 0.495 e. The molecule has 41 heavy (non-hydrogen) atoms. The van der Waals surface area contributed by atoms with E-state index >= 15 is 4.39 Å². The summed E-state index contributed by atoms with van der Waals surface area (Å²) in [5.41, 5.74) is 7.35. The van der Waals surface area contributed by atoms with Crippen LogP contribution in [0.2, 0.25) is 0 Å². The molecule has 0 saturated carbocycles. The SMILES string of the molecule is COC(=O)C[C@@H]1COc2cc(O[C@@H]3CCc4c(-c5c(C)cc(C(=N)/C=C(\C=N)OC)cc5C)ccc(F)c43)ccc21. The van der Waals surface area contributed by atoms with Gasteiger partial charge in [-0.05, 0) is 78.8 Å². The van der Waals surface area contributed by atoms with Crippen LogP contribution < -0.4 is 9.47 Å². The molecule has 7 nitrogen and oxygen atoms in total. The molecule has 0 unspecified atom stereocenters. The fourth-order valence-corrected chi connectivity index (χ4v) is 5.90. The summed E-state index contributed by atoms with van der Waals surface area (Å²) in [7, 11) is 2.84. The third-order valence-corrected chi connectivity index (χ3v) is 7.84. The number of carbonyl (C=O) groups excluding carboxylic acids is 1. The Morgan fingerprint density at radius 1 is 1.10 bits per heavy atom. The summed E-state index contributed by atoms with van der Waals surface area (Å²) in [5, 5.41) is 15.9. The van der Waals surface area contributed by atoms with E-state index in [2.05, 4.69) is 0 Å². The van der Waals surface area contributed by atoms with Crippen LogP contribution in [-0.4, -0.2) is 38.7 Å². The maximum absolute atomic E-state index is 15.3. The Hall–Kier alpha value is -4.46. The molecule has 3 aromatic carbocycles. The summed E-state index contributed by atoms with van der Waals surface area (Å²) in [5.74, 6) is 0.933. The van der Waals surface area contributed by atoms with E-state index in [0.717, 1.165) is 39.6 Å². The van der Waals surface area contributed by atoms with Crippen molar-refractivity contribution in [1.82, 2.24) is 0 Å². The quantitative estimate of drug-likeness (QED) is 0.172. The molecular formula is C33H33FN2O5. The van der Waals surface area contributed by atoms with Crippen molar-refractivity contribution in [2.75, 3.05) is 20.8 Å². The van der Waals surface area contributed by atoms with Crippen molar-refractivity contribution in [2.45, 2.75) is 45.1 Å². The molecule has 0 radical (unpaired) electrons. The molecule has 0 fully saturated rings. The number of aryl methyl sites for hydroxylation is 2. The Labute approximate surface area is 238 Å². The molecular weight excluding hydrogens is 523 g/mol. The topological polar surface area (TPSA) is 102 Å².